The number of ether oxygens (including phenoxy) is 1. The molecule has 0 aromatic heterocycles. The van der Waals surface area contributed by atoms with Crippen LogP contribution < -0.4 is 10.5 Å². The quantitative estimate of drug-likeness (QED) is 0.726. The Morgan fingerprint density at radius 1 is 1.50 bits per heavy atom. The smallest absolute Gasteiger partial charge is 0.124 e. The molecule has 0 saturated carbocycles. The third-order valence-electron chi connectivity index (χ3n) is 2.11. The van der Waals surface area contributed by atoms with Crippen molar-refractivity contribution in [1.29, 1.82) is 0 Å². The van der Waals surface area contributed by atoms with E-state index in [4.69, 9.17) is 10.5 Å². The summed E-state index contributed by atoms with van der Waals surface area (Å²) in [5.41, 5.74) is 7.03. The molecule has 2 nitrogen and oxygen atoms in total. The van der Waals surface area contributed by atoms with Gasteiger partial charge in [0, 0.05) is 11.6 Å². The van der Waals surface area contributed by atoms with Crippen LogP contribution in [0.3, 0.4) is 0 Å². The summed E-state index contributed by atoms with van der Waals surface area (Å²) < 4.78 is 5.51. The molecule has 0 spiro atoms. The van der Waals surface area contributed by atoms with Crippen molar-refractivity contribution >= 4 is 0 Å². The van der Waals surface area contributed by atoms with Crippen molar-refractivity contribution in [3.8, 4) is 5.75 Å². The minimum atomic E-state index is 0.0519. The van der Waals surface area contributed by atoms with E-state index in [1.54, 1.807) is 6.08 Å². The molecule has 0 heterocycles. The summed E-state index contributed by atoms with van der Waals surface area (Å²) in [5.74, 6) is 0.863. The van der Waals surface area contributed by atoms with Crippen molar-refractivity contribution < 1.29 is 4.74 Å². The van der Waals surface area contributed by atoms with E-state index < -0.39 is 0 Å². The van der Waals surface area contributed by atoms with Crippen LogP contribution in [0.25, 0.3) is 0 Å². The van der Waals surface area contributed by atoms with Gasteiger partial charge in [0.15, 0.2) is 0 Å². The van der Waals surface area contributed by atoms with Gasteiger partial charge in [-0.25, -0.2) is 0 Å². The maximum Gasteiger partial charge on any atom is 0.124 e. The maximum atomic E-state index is 5.96. The predicted octanol–water partition coefficient (Wildman–Crippen LogP) is 2.66. The minimum Gasteiger partial charge on any atom is -0.489 e. The second kappa shape index (κ2) is 5.45. The van der Waals surface area contributed by atoms with Crippen LogP contribution in [0, 0.1) is 0 Å². The van der Waals surface area contributed by atoms with E-state index in [1.165, 1.54) is 0 Å². The largest absolute Gasteiger partial charge is 0.489 e. The number of rotatable bonds is 5. The molecule has 0 fully saturated rings. The van der Waals surface area contributed by atoms with E-state index in [2.05, 4.69) is 13.5 Å². The average Bonchev–Trinajstić information content (AvgIpc) is 2.25. The molecule has 0 aliphatic carbocycles. The first kappa shape index (κ1) is 10.8. The van der Waals surface area contributed by atoms with E-state index in [1.807, 2.05) is 24.3 Å². The van der Waals surface area contributed by atoms with E-state index >= 15 is 0 Å². The standard InChI is InChI=1S/C12H17NO/c1-3-9-14-12-8-6-5-7-10(12)11(13)4-2/h3,5-8,11H,1,4,9,13H2,2H3/t11-/m1/s1. The van der Waals surface area contributed by atoms with Gasteiger partial charge in [0.1, 0.15) is 12.4 Å². The maximum absolute atomic E-state index is 5.96. The van der Waals surface area contributed by atoms with Crippen LogP contribution >= 0.6 is 0 Å². The Kier molecular flexibility index (Phi) is 4.20. The fourth-order valence-corrected chi connectivity index (χ4v) is 1.29. The van der Waals surface area contributed by atoms with Crippen molar-refractivity contribution in [3.05, 3.63) is 42.5 Å². The lowest BCUT2D eigenvalue weighted by atomic mass is 10.0. The fraction of sp³-hybridized carbons (Fsp3) is 0.333. The number of para-hydroxylation sites is 1. The second-order valence-electron chi connectivity index (χ2n) is 3.15. The summed E-state index contributed by atoms with van der Waals surface area (Å²) in [7, 11) is 0. The second-order valence-corrected chi connectivity index (χ2v) is 3.15. The topological polar surface area (TPSA) is 35.2 Å². The molecule has 14 heavy (non-hydrogen) atoms. The molecule has 0 aliphatic heterocycles. The van der Waals surface area contributed by atoms with Crippen LogP contribution in [0.1, 0.15) is 24.9 Å². The molecule has 1 atom stereocenters. The van der Waals surface area contributed by atoms with Gasteiger partial charge in [-0.05, 0) is 12.5 Å². The molecule has 2 N–H and O–H groups in total. The number of benzene rings is 1. The third kappa shape index (κ3) is 2.60. The highest BCUT2D eigenvalue weighted by atomic mass is 16.5. The van der Waals surface area contributed by atoms with Crippen molar-refractivity contribution in [3.63, 3.8) is 0 Å². The first-order valence-electron chi connectivity index (χ1n) is 4.87. The van der Waals surface area contributed by atoms with Gasteiger partial charge in [-0.2, -0.15) is 0 Å². The van der Waals surface area contributed by atoms with E-state index in [9.17, 15) is 0 Å². The van der Waals surface area contributed by atoms with Gasteiger partial charge in [-0.15, -0.1) is 0 Å². The Balaban J connectivity index is 2.84. The van der Waals surface area contributed by atoms with Crippen molar-refractivity contribution in [2.45, 2.75) is 19.4 Å². The fourth-order valence-electron chi connectivity index (χ4n) is 1.29. The Hall–Kier alpha value is -1.28. The molecule has 0 radical (unpaired) electrons. The van der Waals surface area contributed by atoms with Gasteiger partial charge in [-0.1, -0.05) is 37.8 Å². The zero-order valence-electron chi connectivity index (χ0n) is 8.57. The van der Waals surface area contributed by atoms with Gasteiger partial charge in [0.2, 0.25) is 0 Å². The molecule has 0 aliphatic rings. The first-order valence-corrected chi connectivity index (χ1v) is 4.87. The molecule has 0 bridgehead atoms. The molecule has 1 rings (SSSR count). The monoisotopic (exact) mass is 191 g/mol. The Morgan fingerprint density at radius 2 is 2.21 bits per heavy atom. The van der Waals surface area contributed by atoms with Crippen molar-refractivity contribution in [1.82, 2.24) is 0 Å². The van der Waals surface area contributed by atoms with E-state index in [-0.39, 0.29) is 6.04 Å². The number of hydrogen-bond donors (Lipinski definition) is 1. The molecule has 0 amide bonds. The van der Waals surface area contributed by atoms with E-state index in [0.717, 1.165) is 17.7 Å². The van der Waals surface area contributed by atoms with Gasteiger partial charge in [0.25, 0.3) is 0 Å². The summed E-state index contributed by atoms with van der Waals surface area (Å²) in [6.07, 6.45) is 2.64. The molecule has 1 aromatic carbocycles. The minimum absolute atomic E-state index is 0.0519. The van der Waals surface area contributed by atoms with Crippen molar-refractivity contribution in [2.24, 2.45) is 5.73 Å². The molecule has 0 unspecified atom stereocenters. The summed E-state index contributed by atoms with van der Waals surface area (Å²) in [5, 5.41) is 0. The summed E-state index contributed by atoms with van der Waals surface area (Å²) >= 11 is 0. The van der Waals surface area contributed by atoms with Crippen LogP contribution in [-0.2, 0) is 0 Å². The van der Waals surface area contributed by atoms with Gasteiger partial charge in [0.05, 0.1) is 0 Å². The lowest BCUT2D eigenvalue weighted by molar-refractivity contribution is 0.356. The Bertz CT molecular complexity index is 296. The van der Waals surface area contributed by atoms with Gasteiger partial charge >= 0.3 is 0 Å². The Labute approximate surface area is 85.4 Å². The highest BCUT2D eigenvalue weighted by Crippen LogP contribution is 2.25. The SMILES string of the molecule is C=CCOc1ccccc1[C@H](N)CC. The average molecular weight is 191 g/mol. The molecular formula is C12H17NO. The molecule has 1 aromatic rings. The van der Waals surface area contributed by atoms with E-state index in [0.29, 0.717) is 6.61 Å². The third-order valence-corrected chi connectivity index (χ3v) is 2.11. The lowest BCUT2D eigenvalue weighted by Crippen LogP contribution is -2.10. The predicted molar refractivity (Wildman–Crippen MR) is 59.4 cm³/mol. The zero-order chi connectivity index (χ0) is 10.4. The summed E-state index contributed by atoms with van der Waals surface area (Å²) in [6, 6.07) is 7.92. The van der Waals surface area contributed by atoms with Crippen LogP contribution in [-0.4, -0.2) is 6.61 Å². The van der Waals surface area contributed by atoms with Crippen LogP contribution in [0.5, 0.6) is 5.75 Å². The number of nitrogens with two attached hydrogens (primary N) is 1. The van der Waals surface area contributed by atoms with Crippen LogP contribution in [0.2, 0.25) is 0 Å². The van der Waals surface area contributed by atoms with Crippen molar-refractivity contribution in [2.75, 3.05) is 6.61 Å². The number of hydrogen-bond acceptors (Lipinski definition) is 2. The molecule has 0 saturated heterocycles. The normalized spacial score (nSPS) is 12.1. The summed E-state index contributed by atoms with van der Waals surface area (Å²) in [4.78, 5) is 0. The molecule has 76 valence electrons. The van der Waals surface area contributed by atoms with Gasteiger partial charge < -0.3 is 10.5 Å². The van der Waals surface area contributed by atoms with Crippen LogP contribution in [0.4, 0.5) is 0 Å². The highest BCUT2D eigenvalue weighted by Gasteiger charge is 2.08. The van der Waals surface area contributed by atoms with Gasteiger partial charge in [-0.3, -0.25) is 0 Å². The Morgan fingerprint density at radius 3 is 2.86 bits per heavy atom. The zero-order valence-corrected chi connectivity index (χ0v) is 8.57. The van der Waals surface area contributed by atoms with Crippen LogP contribution in [0.15, 0.2) is 36.9 Å². The molecular weight excluding hydrogens is 174 g/mol. The summed E-state index contributed by atoms with van der Waals surface area (Å²) in [6.45, 7) is 6.20. The molecule has 2 heteroatoms. The lowest BCUT2D eigenvalue weighted by Gasteiger charge is -2.14. The first-order chi connectivity index (χ1) is 6.79. The highest BCUT2D eigenvalue weighted by molar-refractivity contribution is 5.35.